The van der Waals surface area contributed by atoms with Gasteiger partial charge < -0.3 is 9.47 Å². The van der Waals surface area contributed by atoms with E-state index in [9.17, 15) is 13.2 Å². The van der Waals surface area contributed by atoms with E-state index >= 15 is 0 Å². The molecule has 0 saturated carbocycles. The fourth-order valence-corrected chi connectivity index (χ4v) is 5.19. The van der Waals surface area contributed by atoms with Crippen molar-refractivity contribution in [2.24, 2.45) is 0 Å². The van der Waals surface area contributed by atoms with Gasteiger partial charge in [-0.25, -0.2) is 13.2 Å². The van der Waals surface area contributed by atoms with Gasteiger partial charge in [0.05, 0.1) is 17.6 Å². The predicted molar refractivity (Wildman–Crippen MR) is 124 cm³/mol. The van der Waals surface area contributed by atoms with E-state index in [0.717, 1.165) is 5.56 Å². The summed E-state index contributed by atoms with van der Waals surface area (Å²) in [5, 5.41) is -0.988. The highest BCUT2D eigenvalue weighted by Crippen LogP contribution is 2.39. The van der Waals surface area contributed by atoms with Crippen LogP contribution in [0, 0.1) is 6.92 Å². The van der Waals surface area contributed by atoms with Gasteiger partial charge in [-0.2, -0.15) is 0 Å². The predicted octanol–water partition coefficient (Wildman–Crippen LogP) is 5.40. The summed E-state index contributed by atoms with van der Waals surface area (Å²) in [5.41, 5.74) is 2.08. The van der Waals surface area contributed by atoms with Gasteiger partial charge in [-0.1, -0.05) is 66.2 Å². The first-order chi connectivity index (χ1) is 15.3. The maximum atomic E-state index is 13.8. The van der Waals surface area contributed by atoms with E-state index in [1.54, 1.807) is 74.5 Å². The topological polar surface area (TPSA) is 69.7 Å². The van der Waals surface area contributed by atoms with Crippen LogP contribution in [0.1, 0.15) is 35.8 Å². The number of rotatable bonds is 8. The number of aryl methyl sites for hydroxylation is 1. The van der Waals surface area contributed by atoms with Gasteiger partial charge in [0.15, 0.2) is 9.84 Å². The zero-order valence-electron chi connectivity index (χ0n) is 18.3. The van der Waals surface area contributed by atoms with Crippen molar-refractivity contribution in [2.45, 2.75) is 30.9 Å². The maximum Gasteiger partial charge on any atom is 0.334 e. The minimum Gasteiger partial charge on any atom is -0.463 e. The Labute approximate surface area is 189 Å². The number of carbonyl (C=O) groups is 1. The lowest BCUT2D eigenvalue weighted by Crippen LogP contribution is -2.16. The zero-order chi connectivity index (χ0) is 23.1. The first-order valence-corrected chi connectivity index (χ1v) is 11.8. The summed E-state index contributed by atoms with van der Waals surface area (Å²) in [6.45, 7) is 5.51. The van der Waals surface area contributed by atoms with E-state index in [1.807, 2.05) is 25.1 Å². The van der Waals surface area contributed by atoms with Crippen molar-refractivity contribution >= 4 is 15.8 Å². The summed E-state index contributed by atoms with van der Waals surface area (Å²) in [7, 11) is -3.80. The number of hydrogen-bond acceptors (Lipinski definition) is 5. The molecule has 32 heavy (non-hydrogen) atoms. The molecule has 0 radical (unpaired) electrons. The van der Waals surface area contributed by atoms with Crippen LogP contribution in [0.15, 0.2) is 95.6 Å². The van der Waals surface area contributed by atoms with Crippen molar-refractivity contribution in [3.63, 3.8) is 0 Å². The van der Waals surface area contributed by atoms with Gasteiger partial charge in [0.25, 0.3) is 0 Å². The first-order valence-electron chi connectivity index (χ1n) is 10.3. The summed E-state index contributed by atoms with van der Waals surface area (Å²) < 4.78 is 38.4. The Hall–Kier alpha value is -3.38. The Balaban J connectivity index is 2.11. The fraction of sp³-hybridized carbons (Fsp3) is 0.192. The van der Waals surface area contributed by atoms with E-state index in [0.29, 0.717) is 22.6 Å². The van der Waals surface area contributed by atoms with E-state index in [-0.39, 0.29) is 11.5 Å². The molecule has 0 unspecified atom stereocenters. The van der Waals surface area contributed by atoms with E-state index < -0.39 is 21.1 Å². The second-order valence-electron chi connectivity index (χ2n) is 7.30. The van der Waals surface area contributed by atoms with Crippen molar-refractivity contribution in [3.8, 4) is 5.75 Å². The highest BCUT2D eigenvalue weighted by atomic mass is 32.2. The third-order valence-corrected chi connectivity index (χ3v) is 6.92. The smallest absolute Gasteiger partial charge is 0.334 e. The standard InChI is InChI=1S/C26H26O5S/c1-4-30-25(27)18-20(3)31-24-13-9-8-12-23(24)26(21-10-6-5-7-11-21)32(28,29)22-16-14-19(2)15-17-22/h5-18,26H,4H2,1-3H3/b20-18+/t26-/m0/s1. The maximum absolute atomic E-state index is 13.8. The molecule has 0 aliphatic carbocycles. The molecular formula is C26H26O5S. The van der Waals surface area contributed by atoms with Gasteiger partial charge in [-0.05, 0) is 44.5 Å². The number of allylic oxidation sites excluding steroid dienone is 1. The minimum atomic E-state index is -3.80. The molecule has 1 atom stereocenters. The molecular weight excluding hydrogens is 424 g/mol. The number of sulfone groups is 1. The third-order valence-electron chi connectivity index (χ3n) is 4.84. The van der Waals surface area contributed by atoms with Gasteiger partial charge >= 0.3 is 5.97 Å². The van der Waals surface area contributed by atoms with Gasteiger partial charge in [-0.15, -0.1) is 0 Å². The van der Waals surface area contributed by atoms with Gasteiger partial charge in [0.2, 0.25) is 0 Å². The van der Waals surface area contributed by atoms with Crippen LogP contribution in [0.4, 0.5) is 0 Å². The normalized spacial score (nSPS) is 12.8. The quantitative estimate of drug-likeness (QED) is 0.261. The Morgan fingerprint density at radius 3 is 2.22 bits per heavy atom. The lowest BCUT2D eigenvalue weighted by Gasteiger charge is -2.22. The van der Waals surface area contributed by atoms with Crippen LogP contribution in [0.25, 0.3) is 0 Å². The molecule has 0 bridgehead atoms. The molecule has 0 aliphatic rings. The van der Waals surface area contributed by atoms with E-state index in [1.165, 1.54) is 6.08 Å². The van der Waals surface area contributed by atoms with Crippen molar-refractivity contribution in [3.05, 3.63) is 107 Å². The average Bonchev–Trinajstić information content (AvgIpc) is 2.76. The zero-order valence-corrected chi connectivity index (χ0v) is 19.1. The number of esters is 1. The minimum absolute atomic E-state index is 0.227. The molecule has 3 rings (SSSR count). The molecule has 5 nitrogen and oxygen atoms in total. The van der Waals surface area contributed by atoms with Crippen LogP contribution in [-0.2, 0) is 19.4 Å². The number of benzene rings is 3. The molecule has 0 spiro atoms. The van der Waals surface area contributed by atoms with Crippen molar-refractivity contribution < 1.29 is 22.7 Å². The second-order valence-corrected chi connectivity index (χ2v) is 9.33. The number of para-hydroxylation sites is 1. The van der Waals surface area contributed by atoms with Crippen LogP contribution in [-0.4, -0.2) is 21.0 Å². The summed E-state index contributed by atoms with van der Waals surface area (Å²) in [5.74, 6) is 0.139. The highest BCUT2D eigenvalue weighted by molar-refractivity contribution is 7.92. The Morgan fingerprint density at radius 2 is 1.56 bits per heavy atom. The largest absolute Gasteiger partial charge is 0.463 e. The molecule has 166 valence electrons. The Kier molecular flexibility index (Phi) is 7.49. The fourth-order valence-electron chi connectivity index (χ4n) is 3.36. The Morgan fingerprint density at radius 1 is 0.938 bits per heavy atom. The third kappa shape index (κ3) is 5.45. The molecule has 6 heteroatoms. The number of ether oxygens (including phenoxy) is 2. The molecule has 0 aliphatic heterocycles. The molecule has 0 amide bonds. The molecule has 0 aromatic heterocycles. The van der Waals surface area contributed by atoms with Gasteiger partial charge in [0, 0.05) is 5.56 Å². The highest BCUT2D eigenvalue weighted by Gasteiger charge is 2.33. The lowest BCUT2D eigenvalue weighted by molar-refractivity contribution is -0.137. The molecule has 0 saturated heterocycles. The Bertz CT molecular complexity index is 1200. The van der Waals surface area contributed by atoms with Crippen LogP contribution < -0.4 is 4.74 Å². The lowest BCUT2D eigenvalue weighted by atomic mass is 10.0. The van der Waals surface area contributed by atoms with Gasteiger partial charge in [-0.3, -0.25) is 0 Å². The molecule has 0 fully saturated rings. The second kappa shape index (κ2) is 10.3. The van der Waals surface area contributed by atoms with E-state index in [2.05, 4.69) is 0 Å². The summed E-state index contributed by atoms with van der Waals surface area (Å²) in [4.78, 5) is 12.0. The average molecular weight is 451 g/mol. The van der Waals surface area contributed by atoms with Crippen LogP contribution in [0.5, 0.6) is 5.75 Å². The van der Waals surface area contributed by atoms with Crippen molar-refractivity contribution in [1.82, 2.24) is 0 Å². The van der Waals surface area contributed by atoms with Crippen molar-refractivity contribution in [2.75, 3.05) is 6.61 Å². The summed E-state index contributed by atoms with van der Waals surface area (Å²) >= 11 is 0. The molecule has 0 N–H and O–H groups in total. The number of hydrogen-bond donors (Lipinski definition) is 0. The molecule has 3 aromatic carbocycles. The molecule has 3 aromatic rings. The van der Waals surface area contributed by atoms with E-state index in [4.69, 9.17) is 9.47 Å². The van der Waals surface area contributed by atoms with Gasteiger partial charge in [0.1, 0.15) is 16.8 Å². The monoisotopic (exact) mass is 450 g/mol. The van der Waals surface area contributed by atoms with Crippen LogP contribution in [0.3, 0.4) is 0 Å². The van der Waals surface area contributed by atoms with Crippen LogP contribution in [0.2, 0.25) is 0 Å². The summed E-state index contributed by atoms with van der Waals surface area (Å²) in [6, 6.07) is 22.8. The first kappa shape index (κ1) is 23.3. The SMILES string of the molecule is CCOC(=O)/C=C(\C)Oc1ccccc1[C@H](c1ccccc1)S(=O)(=O)c1ccc(C)cc1. The number of carbonyl (C=O) groups excluding carboxylic acids is 1. The van der Waals surface area contributed by atoms with Crippen LogP contribution >= 0.6 is 0 Å². The van der Waals surface area contributed by atoms with Crippen molar-refractivity contribution in [1.29, 1.82) is 0 Å². The summed E-state index contributed by atoms with van der Waals surface area (Å²) in [6.07, 6.45) is 1.24. The molecule has 0 heterocycles.